The first-order valence-electron chi connectivity index (χ1n) is 4.17. The van der Waals surface area contributed by atoms with Crippen molar-refractivity contribution in [1.29, 1.82) is 0 Å². The Balaban J connectivity index is 2.23. The zero-order chi connectivity index (χ0) is 8.10. The van der Waals surface area contributed by atoms with Gasteiger partial charge in [-0.2, -0.15) is 11.3 Å². The van der Waals surface area contributed by atoms with Gasteiger partial charge in [-0.25, -0.2) is 0 Å². The highest BCUT2D eigenvalue weighted by Crippen LogP contribution is 2.03. The average molecular weight is 170 g/mol. The summed E-state index contributed by atoms with van der Waals surface area (Å²) in [4.78, 5) is 0. The summed E-state index contributed by atoms with van der Waals surface area (Å²) in [6, 6.07) is 2.96. The summed E-state index contributed by atoms with van der Waals surface area (Å²) in [5.74, 6) is 0. The maximum absolute atomic E-state index is 2.39. The van der Waals surface area contributed by atoms with Gasteiger partial charge in [0.25, 0.3) is 0 Å². The molecule has 1 aromatic rings. The van der Waals surface area contributed by atoms with Crippen LogP contribution in [0.4, 0.5) is 0 Å². The molecule has 0 amide bonds. The second-order valence-electron chi connectivity index (χ2n) is 2.96. The fraction of sp³-hybridized carbons (Fsp3) is 0.556. The third kappa shape index (κ3) is 3.04. The zero-order valence-electron chi connectivity index (χ0n) is 7.21. The number of nitrogens with two attached hydrogens (primary N) is 1. The van der Waals surface area contributed by atoms with E-state index in [2.05, 4.69) is 36.0 Å². The van der Waals surface area contributed by atoms with Crippen molar-refractivity contribution in [1.82, 2.24) is 0 Å². The highest BCUT2D eigenvalue weighted by molar-refractivity contribution is 7.07. The smallest absolute Gasteiger partial charge is 0.102 e. The molecule has 0 saturated heterocycles. The molecular weight excluding hydrogens is 154 g/mol. The van der Waals surface area contributed by atoms with E-state index < -0.39 is 0 Å². The van der Waals surface area contributed by atoms with Crippen LogP contribution in [0.3, 0.4) is 0 Å². The van der Waals surface area contributed by atoms with Crippen molar-refractivity contribution in [3.8, 4) is 0 Å². The molecule has 0 bridgehead atoms. The van der Waals surface area contributed by atoms with E-state index in [1.165, 1.54) is 12.0 Å². The first-order chi connectivity index (χ1) is 5.33. The predicted molar refractivity (Wildman–Crippen MR) is 49.7 cm³/mol. The lowest BCUT2D eigenvalue weighted by atomic mass is 10.2. The molecule has 1 heterocycles. The summed E-state index contributed by atoms with van der Waals surface area (Å²) in [5, 5.41) is 6.75. The fourth-order valence-electron chi connectivity index (χ4n) is 0.913. The Morgan fingerprint density at radius 2 is 2.45 bits per heavy atom. The summed E-state index contributed by atoms with van der Waals surface area (Å²) in [6.07, 6.45) is 1.25. The van der Waals surface area contributed by atoms with E-state index in [9.17, 15) is 0 Å². The Morgan fingerprint density at radius 3 is 3.00 bits per heavy atom. The van der Waals surface area contributed by atoms with Crippen LogP contribution in [0, 0.1) is 0 Å². The largest absolute Gasteiger partial charge is 0.340 e. The minimum absolute atomic E-state index is 0.759. The van der Waals surface area contributed by atoms with E-state index in [0.29, 0.717) is 0 Å². The zero-order valence-corrected chi connectivity index (χ0v) is 8.03. The highest BCUT2D eigenvalue weighted by Gasteiger charge is 2.01. The van der Waals surface area contributed by atoms with Gasteiger partial charge in [0.2, 0.25) is 0 Å². The van der Waals surface area contributed by atoms with Gasteiger partial charge in [0.1, 0.15) is 6.54 Å². The molecule has 1 aromatic heterocycles. The van der Waals surface area contributed by atoms with Crippen LogP contribution >= 0.6 is 11.3 Å². The molecule has 0 radical (unpaired) electrons. The lowest BCUT2D eigenvalue weighted by molar-refractivity contribution is -0.701. The van der Waals surface area contributed by atoms with Crippen LogP contribution in [0.5, 0.6) is 0 Å². The summed E-state index contributed by atoms with van der Waals surface area (Å²) < 4.78 is 0. The molecule has 2 heteroatoms. The molecule has 0 aliphatic heterocycles. The van der Waals surface area contributed by atoms with Gasteiger partial charge < -0.3 is 5.32 Å². The third-order valence-corrected chi connectivity index (χ3v) is 2.71. The quantitative estimate of drug-likeness (QED) is 0.707. The van der Waals surface area contributed by atoms with E-state index in [1.54, 1.807) is 11.3 Å². The molecule has 11 heavy (non-hydrogen) atoms. The monoisotopic (exact) mass is 170 g/mol. The molecular formula is C9H16NS+. The molecule has 0 aliphatic carbocycles. The topological polar surface area (TPSA) is 16.6 Å². The first-order valence-corrected chi connectivity index (χ1v) is 5.11. The third-order valence-electron chi connectivity index (χ3n) is 1.98. The van der Waals surface area contributed by atoms with Gasteiger partial charge in [0.15, 0.2) is 0 Å². The number of thiophene rings is 1. The van der Waals surface area contributed by atoms with E-state index in [1.807, 2.05) is 0 Å². The van der Waals surface area contributed by atoms with E-state index in [4.69, 9.17) is 0 Å². The van der Waals surface area contributed by atoms with Crippen molar-refractivity contribution in [2.45, 2.75) is 32.9 Å². The first kappa shape index (κ1) is 8.75. The fourth-order valence-corrected chi connectivity index (χ4v) is 1.59. The summed E-state index contributed by atoms with van der Waals surface area (Å²) in [5.41, 5.74) is 1.45. The molecule has 1 rings (SSSR count). The Morgan fingerprint density at radius 1 is 1.64 bits per heavy atom. The van der Waals surface area contributed by atoms with Crippen molar-refractivity contribution in [3.05, 3.63) is 22.4 Å². The number of hydrogen-bond acceptors (Lipinski definition) is 1. The van der Waals surface area contributed by atoms with Crippen molar-refractivity contribution < 1.29 is 5.32 Å². The molecule has 0 fully saturated rings. The second kappa shape index (κ2) is 4.52. The molecule has 1 atom stereocenters. The Labute approximate surface area is 72.4 Å². The molecule has 2 N–H and O–H groups in total. The van der Waals surface area contributed by atoms with E-state index >= 15 is 0 Å². The molecule has 62 valence electrons. The Kier molecular flexibility index (Phi) is 3.60. The number of rotatable bonds is 4. The molecule has 0 spiro atoms. The minimum Gasteiger partial charge on any atom is -0.340 e. The van der Waals surface area contributed by atoms with E-state index in [0.717, 1.165) is 12.6 Å². The van der Waals surface area contributed by atoms with Crippen LogP contribution in [0.2, 0.25) is 0 Å². The standard InChI is InChI=1S/C9H15NS/c1-3-8(2)10-6-9-4-5-11-7-9/h4-5,7-8,10H,3,6H2,1-2H3/p+1/t8-/m1/s1. The number of quaternary nitrogens is 1. The van der Waals surface area contributed by atoms with Crippen molar-refractivity contribution >= 4 is 11.3 Å². The van der Waals surface area contributed by atoms with Crippen LogP contribution in [0.1, 0.15) is 25.8 Å². The maximum atomic E-state index is 2.39. The molecule has 0 unspecified atom stereocenters. The normalized spacial score (nSPS) is 13.3. The Hall–Kier alpha value is -0.340. The van der Waals surface area contributed by atoms with Gasteiger partial charge in [-0.05, 0) is 30.2 Å². The van der Waals surface area contributed by atoms with Crippen LogP contribution in [-0.4, -0.2) is 6.04 Å². The second-order valence-corrected chi connectivity index (χ2v) is 3.74. The van der Waals surface area contributed by atoms with Crippen LogP contribution in [0.15, 0.2) is 16.8 Å². The molecule has 0 aliphatic rings. The van der Waals surface area contributed by atoms with Gasteiger partial charge in [0.05, 0.1) is 6.04 Å². The average Bonchev–Trinajstić information content (AvgIpc) is 2.52. The van der Waals surface area contributed by atoms with Gasteiger partial charge in [-0.1, -0.05) is 6.92 Å². The SMILES string of the molecule is CC[C@@H](C)[NH2+]Cc1ccsc1. The van der Waals surface area contributed by atoms with E-state index in [-0.39, 0.29) is 0 Å². The van der Waals surface area contributed by atoms with Crippen molar-refractivity contribution in [3.63, 3.8) is 0 Å². The van der Waals surface area contributed by atoms with Gasteiger partial charge in [-0.15, -0.1) is 0 Å². The lowest BCUT2D eigenvalue weighted by Crippen LogP contribution is -2.87. The summed E-state index contributed by atoms with van der Waals surface area (Å²) in [7, 11) is 0. The van der Waals surface area contributed by atoms with Crippen LogP contribution in [-0.2, 0) is 6.54 Å². The van der Waals surface area contributed by atoms with Crippen molar-refractivity contribution in [2.24, 2.45) is 0 Å². The highest BCUT2D eigenvalue weighted by atomic mass is 32.1. The van der Waals surface area contributed by atoms with Gasteiger partial charge in [-0.3, -0.25) is 0 Å². The molecule has 0 aromatic carbocycles. The summed E-state index contributed by atoms with van der Waals surface area (Å²) >= 11 is 1.78. The van der Waals surface area contributed by atoms with Crippen molar-refractivity contribution in [2.75, 3.05) is 0 Å². The van der Waals surface area contributed by atoms with Gasteiger partial charge in [0, 0.05) is 5.56 Å². The van der Waals surface area contributed by atoms with Crippen LogP contribution < -0.4 is 5.32 Å². The van der Waals surface area contributed by atoms with Crippen LogP contribution in [0.25, 0.3) is 0 Å². The summed E-state index contributed by atoms with van der Waals surface area (Å²) in [6.45, 7) is 5.64. The number of hydrogen-bond donors (Lipinski definition) is 1. The van der Waals surface area contributed by atoms with Gasteiger partial charge >= 0.3 is 0 Å². The minimum atomic E-state index is 0.759. The Bertz CT molecular complexity index is 181. The molecule has 1 nitrogen and oxygen atoms in total. The molecule has 0 saturated carbocycles. The maximum Gasteiger partial charge on any atom is 0.102 e. The predicted octanol–water partition coefficient (Wildman–Crippen LogP) is 1.61. The lowest BCUT2D eigenvalue weighted by Gasteiger charge is -2.05.